The Bertz CT molecular complexity index is 589. The van der Waals surface area contributed by atoms with Crippen LogP contribution in [0.25, 0.3) is 0 Å². The van der Waals surface area contributed by atoms with Gasteiger partial charge in [0.15, 0.2) is 0 Å². The molecule has 0 atom stereocenters. The Kier molecular flexibility index (Phi) is 3.73. The molecular weight excluding hydrogens is 262 g/mol. The molecule has 1 saturated carbocycles. The minimum atomic E-state index is -3.52. The van der Waals surface area contributed by atoms with Gasteiger partial charge in [-0.3, -0.25) is 0 Å². The highest BCUT2D eigenvalue weighted by Crippen LogP contribution is 2.33. The number of nitrogens with one attached hydrogen (secondary N) is 1. The SMILES string of the molecule is Cc1cc(C)c(S(=O)(=O)NC2(C)CCC2)cc1CO. The number of benzene rings is 1. The van der Waals surface area contributed by atoms with Crippen molar-refractivity contribution in [2.75, 3.05) is 0 Å². The number of hydrogen-bond acceptors (Lipinski definition) is 3. The third-order valence-corrected chi connectivity index (χ3v) is 5.71. The molecule has 1 aromatic carbocycles. The third kappa shape index (κ3) is 2.83. The van der Waals surface area contributed by atoms with Gasteiger partial charge >= 0.3 is 0 Å². The van der Waals surface area contributed by atoms with E-state index < -0.39 is 10.0 Å². The van der Waals surface area contributed by atoms with Crippen LogP contribution in [0.5, 0.6) is 0 Å². The van der Waals surface area contributed by atoms with Crippen molar-refractivity contribution in [2.24, 2.45) is 0 Å². The van der Waals surface area contributed by atoms with E-state index in [9.17, 15) is 13.5 Å². The maximum absolute atomic E-state index is 12.4. The van der Waals surface area contributed by atoms with Gasteiger partial charge in [-0.1, -0.05) is 6.07 Å². The van der Waals surface area contributed by atoms with Crippen molar-refractivity contribution in [2.45, 2.75) is 57.1 Å². The van der Waals surface area contributed by atoms with E-state index in [0.717, 1.165) is 24.8 Å². The van der Waals surface area contributed by atoms with Gasteiger partial charge in [0.05, 0.1) is 11.5 Å². The zero-order valence-corrected chi connectivity index (χ0v) is 12.5. The smallest absolute Gasteiger partial charge is 0.241 e. The summed E-state index contributed by atoms with van der Waals surface area (Å²) in [6, 6.07) is 3.39. The Hall–Kier alpha value is -0.910. The van der Waals surface area contributed by atoms with Gasteiger partial charge in [-0.2, -0.15) is 0 Å². The summed E-state index contributed by atoms with van der Waals surface area (Å²) in [5.74, 6) is 0. The molecular formula is C14H21NO3S. The largest absolute Gasteiger partial charge is 0.392 e. The lowest BCUT2D eigenvalue weighted by atomic mass is 9.80. The van der Waals surface area contributed by atoms with Crippen molar-refractivity contribution < 1.29 is 13.5 Å². The summed E-state index contributed by atoms with van der Waals surface area (Å²) in [7, 11) is -3.52. The van der Waals surface area contributed by atoms with Crippen molar-refractivity contribution in [1.82, 2.24) is 4.72 Å². The van der Waals surface area contributed by atoms with Crippen LogP contribution >= 0.6 is 0 Å². The second-order valence-electron chi connectivity index (χ2n) is 5.72. The van der Waals surface area contributed by atoms with Crippen molar-refractivity contribution in [3.8, 4) is 0 Å². The van der Waals surface area contributed by atoms with Gasteiger partial charge < -0.3 is 5.11 Å². The summed E-state index contributed by atoms with van der Waals surface area (Å²) in [6.45, 7) is 5.44. The predicted molar refractivity (Wildman–Crippen MR) is 74.4 cm³/mol. The Labute approximate surface area is 114 Å². The second-order valence-corrected chi connectivity index (χ2v) is 7.37. The molecule has 0 radical (unpaired) electrons. The fourth-order valence-electron chi connectivity index (χ4n) is 2.52. The van der Waals surface area contributed by atoms with Crippen molar-refractivity contribution >= 4 is 10.0 Å². The molecule has 106 valence electrons. The zero-order chi connectivity index (χ0) is 14.3. The molecule has 0 aromatic heterocycles. The molecule has 0 saturated heterocycles. The lowest BCUT2D eigenvalue weighted by molar-refractivity contribution is 0.248. The monoisotopic (exact) mass is 283 g/mol. The van der Waals surface area contributed by atoms with E-state index >= 15 is 0 Å². The van der Waals surface area contributed by atoms with Gasteiger partial charge in [0.1, 0.15) is 0 Å². The molecule has 0 spiro atoms. The average molecular weight is 283 g/mol. The molecule has 1 aliphatic rings. The topological polar surface area (TPSA) is 66.4 Å². The summed E-state index contributed by atoms with van der Waals surface area (Å²) >= 11 is 0. The third-order valence-electron chi connectivity index (χ3n) is 3.93. The minimum Gasteiger partial charge on any atom is -0.392 e. The Morgan fingerprint density at radius 1 is 1.26 bits per heavy atom. The maximum Gasteiger partial charge on any atom is 0.241 e. The van der Waals surface area contributed by atoms with E-state index in [4.69, 9.17) is 0 Å². The van der Waals surface area contributed by atoms with E-state index in [1.54, 1.807) is 13.0 Å². The van der Waals surface area contributed by atoms with Crippen molar-refractivity contribution in [3.05, 3.63) is 28.8 Å². The molecule has 19 heavy (non-hydrogen) atoms. The van der Waals surface area contributed by atoms with Crippen LogP contribution in [0.4, 0.5) is 0 Å². The zero-order valence-electron chi connectivity index (χ0n) is 11.7. The van der Waals surface area contributed by atoms with Crippen LogP contribution in [-0.4, -0.2) is 19.1 Å². The first-order valence-electron chi connectivity index (χ1n) is 6.52. The fourth-order valence-corrected chi connectivity index (χ4v) is 4.27. The Morgan fingerprint density at radius 3 is 2.37 bits per heavy atom. The highest BCUT2D eigenvalue weighted by atomic mass is 32.2. The van der Waals surface area contributed by atoms with Gasteiger partial charge in [-0.25, -0.2) is 13.1 Å². The lowest BCUT2D eigenvalue weighted by Gasteiger charge is -2.38. The van der Waals surface area contributed by atoms with E-state index in [2.05, 4.69) is 4.72 Å². The summed E-state index contributed by atoms with van der Waals surface area (Å²) in [5.41, 5.74) is 1.97. The molecule has 0 heterocycles. The standard InChI is InChI=1S/C14H21NO3S/c1-10-7-11(2)13(8-12(10)9-16)19(17,18)15-14(3)5-4-6-14/h7-8,15-16H,4-6,9H2,1-3H3. The number of rotatable bonds is 4. The van der Waals surface area contributed by atoms with Gasteiger partial charge in [0, 0.05) is 5.54 Å². The Morgan fingerprint density at radius 2 is 1.89 bits per heavy atom. The van der Waals surface area contributed by atoms with E-state index in [-0.39, 0.29) is 17.0 Å². The van der Waals surface area contributed by atoms with E-state index in [1.807, 2.05) is 19.9 Å². The molecule has 2 N–H and O–H groups in total. The molecule has 1 fully saturated rings. The van der Waals surface area contributed by atoms with Crippen molar-refractivity contribution in [3.63, 3.8) is 0 Å². The number of sulfonamides is 1. The lowest BCUT2D eigenvalue weighted by Crippen LogP contribution is -2.50. The molecule has 5 heteroatoms. The molecule has 0 amide bonds. The summed E-state index contributed by atoms with van der Waals surface area (Å²) < 4.78 is 27.7. The molecule has 1 aliphatic carbocycles. The summed E-state index contributed by atoms with van der Waals surface area (Å²) in [5, 5.41) is 9.27. The molecule has 2 rings (SSSR count). The van der Waals surface area contributed by atoms with Gasteiger partial charge in [0.25, 0.3) is 0 Å². The van der Waals surface area contributed by atoms with Gasteiger partial charge in [-0.05, 0) is 62.8 Å². The summed E-state index contributed by atoms with van der Waals surface area (Å²) in [6.07, 6.45) is 2.82. The van der Waals surface area contributed by atoms with Crippen LogP contribution in [0.1, 0.15) is 42.9 Å². The van der Waals surface area contributed by atoms with Gasteiger partial charge in [-0.15, -0.1) is 0 Å². The van der Waals surface area contributed by atoms with E-state index in [0.29, 0.717) is 11.1 Å². The average Bonchev–Trinajstić information content (AvgIpc) is 2.26. The normalized spacial score (nSPS) is 18.1. The van der Waals surface area contributed by atoms with Crippen LogP contribution in [0.15, 0.2) is 17.0 Å². The molecule has 4 nitrogen and oxygen atoms in total. The first kappa shape index (κ1) is 14.5. The van der Waals surface area contributed by atoms with Crippen LogP contribution in [-0.2, 0) is 16.6 Å². The van der Waals surface area contributed by atoms with Crippen molar-refractivity contribution in [1.29, 1.82) is 0 Å². The molecule has 1 aromatic rings. The second kappa shape index (κ2) is 4.89. The fraction of sp³-hybridized carbons (Fsp3) is 0.571. The predicted octanol–water partition coefficient (Wildman–Crippen LogP) is 2.02. The Balaban J connectivity index is 2.39. The van der Waals surface area contributed by atoms with Crippen LogP contribution in [0.2, 0.25) is 0 Å². The van der Waals surface area contributed by atoms with Crippen LogP contribution in [0, 0.1) is 13.8 Å². The molecule has 0 aliphatic heterocycles. The molecule has 0 unspecified atom stereocenters. The van der Waals surface area contributed by atoms with Crippen LogP contribution < -0.4 is 4.72 Å². The first-order chi connectivity index (χ1) is 8.77. The number of aliphatic hydroxyl groups excluding tert-OH is 1. The van der Waals surface area contributed by atoms with Gasteiger partial charge in [0.2, 0.25) is 10.0 Å². The van der Waals surface area contributed by atoms with E-state index in [1.165, 1.54) is 0 Å². The summed E-state index contributed by atoms with van der Waals surface area (Å²) in [4.78, 5) is 0.273. The van der Waals surface area contributed by atoms with Crippen LogP contribution in [0.3, 0.4) is 0 Å². The number of aryl methyl sites for hydroxylation is 2. The number of hydrogen-bond donors (Lipinski definition) is 2. The molecule has 0 bridgehead atoms. The maximum atomic E-state index is 12.4. The highest BCUT2D eigenvalue weighted by Gasteiger charge is 2.36. The minimum absolute atomic E-state index is 0.147. The highest BCUT2D eigenvalue weighted by molar-refractivity contribution is 7.89. The number of aliphatic hydroxyl groups is 1. The quantitative estimate of drug-likeness (QED) is 0.888. The first-order valence-corrected chi connectivity index (χ1v) is 8.01.